The second-order valence-corrected chi connectivity index (χ2v) is 4.09. The quantitative estimate of drug-likeness (QED) is 0.735. The van der Waals surface area contributed by atoms with Crippen molar-refractivity contribution in [2.24, 2.45) is 0 Å². The Morgan fingerprint density at radius 2 is 2.05 bits per heavy atom. The third-order valence-corrected chi connectivity index (χ3v) is 2.86. The summed E-state index contributed by atoms with van der Waals surface area (Å²) in [7, 11) is 0. The Morgan fingerprint density at radius 3 is 2.80 bits per heavy atom. The highest BCUT2D eigenvalue weighted by atomic mass is 19.1. The van der Waals surface area contributed by atoms with Gasteiger partial charge < -0.3 is 5.73 Å². The number of nitriles is 1. The first-order chi connectivity index (χ1) is 9.60. The van der Waals surface area contributed by atoms with E-state index in [9.17, 15) is 8.78 Å². The third kappa shape index (κ3) is 1.75. The van der Waals surface area contributed by atoms with Crippen LogP contribution in [0.3, 0.4) is 0 Å². The highest BCUT2D eigenvalue weighted by Crippen LogP contribution is 2.27. The molecule has 0 aliphatic rings. The summed E-state index contributed by atoms with van der Waals surface area (Å²) >= 11 is 0. The van der Waals surface area contributed by atoms with Gasteiger partial charge in [0.25, 0.3) is 0 Å². The molecule has 0 fully saturated rings. The molecule has 1 aromatic carbocycles. The number of rotatable bonds is 1. The van der Waals surface area contributed by atoms with Crippen molar-refractivity contribution < 1.29 is 8.78 Å². The van der Waals surface area contributed by atoms with E-state index in [2.05, 4.69) is 10.1 Å². The number of nitrogens with zero attached hydrogens (tertiary/aromatic N) is 4. The summed E-state index contributed by atoms with van der Waals surface area (Å²) in [6, 6.07) is 6.75. The van der Waals surface area contributed by atoms with E-state index in [1.165, 1.54) is 28.9 Å². The molecule has 0 bridgehead atoms. The van der Waals surface area contributed by atoms with Crippen LogP contribution in [0.5, 0.6) is 0 Å². The van der Waals surface area contributed by atoms with Crippen molar-refractivity contribution in [3.63, 3.8) is 0 Å². The van der Waals surface area contributed by atoms with Gasteiger partial charge >= 0.3 is 0 Å². The van der Waals surface area contributed by atoms with Gasteiger partial charge in [0, 0.05) is 11.6 Å². The fourth-order valence-corrected chi connectivity index (χ4v) is 1.99. The van der Waals surface area contributed by atoms with Crippen molar-refractivity contribution >= 4 is 11.5 Å². The normalized spacial score (nSPS) is 10.7. The van der Waals surface area contributed by atoms with E-state index in [1.807, 2.05) is 6.07 Å². The summed E-state index contributed by atoms with van der Waals surface area (Å²) in [6.07, 6.45) is 1.25. The van der Waals surface area contributed by atoms with Gasteiger partial charge in [-0.05, 0) is 18.2 Å². The van der Waals surface area contributed by atoms with Gasteiger partial charge in [-0.2, -0.15) is 5.26 Å². The molecule has 5 nitrogen and oxygen atoms in total. The van der Waals surface area contributed by atoms with Gasteiger partial charge in [0.15, 0.2) is 5.82 Å². The maximum atomic E-state index is 13.8. The highest BCUT2D eigenvalue weighted by Gasteiger charge is 2.15. The molecule has 3 aromatic rings. The molecular weight excluding hydrogens is 264 g/mol. The summed E-state index contributed by atoms with van der Waals surface area (Å²) in [5.74, 6) is -1.12. The standard InChI is InChI=1S/C13H7F2N5/c14-8-1-2-9(7(3-8)5-16)11-4-10(15)12-6-18-13(17)19-20(11)12/h1-4,6H,(H2,17,19). The van der Waals surface area contributed by atoms with Crippen LogP contribution in [-0.2, 0) is 0 Å². The maximum absolute atomic E-state index is 13.8. The number of anilines is 1. The second kappa shape index (κ2) is 4.28. The van der Waals surface area contributed by atoms with Crippen LogP contribution >= 0.6 is 0 Å². The van der Waals surface area contributed by atoms with Crippen molar-refractivity contribution in [1.82, 2.24) is 14.6 Å². The van der Waals surface area contributed by atoms with Crippen molar-refractivity contribution in [2.45, 2.75) is 0 Å². The van der Waals surface area contributed by atoms with E-state index >= 15 is 0 Å². The predicted octanol–water partition coefficient (Wildman–Crippen LogP) is 2.13. The van der Waals surface area contributed by atoms with Crippen molar-refractivity contribution in [3.05, 3.63) is 47.7 Å². The summed E-state index contributed by atoms with van der Waals surface area (Å²) in [5, 5.41) is 13.0. The fourth-order valence-electron chi connectivity index (χ4n) is 1.99. The third-order valence-electron chi connectivity index (χ3n) is 2.86. The molecule has 0 aliphatic heterocycles. The van der Waals surface area contributed by atoms with Crippen molar-refractivity contribution in [1.29, 1.82) is 5.26 Å². The lowest BCUT2D eigenvalue weighted by atomic mass is 10.1. The van der Waals surface area contributed by atoms with Crippen molar-refractivity contribution in [3.8, 4) is 17.3 Å². The van der Waals surface area contributed by atoms with Crippen LogP contribution in [0.15, 0.2) is 30.5 Å². The Balaban J connectivity index is 2.36. The number of nitrogen functional groups attached to an aromatic ring is 1. The van der Waals surface area contributed by atoms with Crippen LogP contribution in [0.2, 0.25) is 0 Å². The summed E-state index contributed by atoms with van der Waals surface area (Å²) in [4.78, 5) is 3.71. The topological polar surface area (TPSA) is 80.0 Å². The molecule has 0 aliphatic carbocycles. The SMILES string of the molecule is N#Cc1cc(F)ccc1-c1cc(F)c2cnc(N)nn12. The molecule has 98 valence electrons. The average molecular weight is 271 g/mol. The molecule has 20 heavy (non-hydrogen) atoms. The Labute approximate surface area is 111 Å². The molecule has 3 rings (SSSR count). The van der Waals surface area contributed by atoms with Gasteiger partial charge in [0.1, 0.15) is 11.3 Å². The molecular formula is C13H7F2N5. The van der Waals surface area contributed by atoms with E-state index in [0.717, 1.165) is 6.07 Å². The van der Waals surface area contributed by atoms with Crippen LogP contribution < -0.4 is 5.73 Å². The zero-order chi connectivity index (χ0) is 14.3. The highest BCUT2D eigenvalue weighted by molar-refractivity contribution is 5.72. The predicted molar refractivity (Wildman–Crippen MR) is 67.5 cm³/mol. The first kappa shape index (κ1) is 12.0. The second-order valence-electron chi connectivity index (χ2n) is 4.09. The Morgan fingerprint density at radius 1 is 1.25 bits per heavy atom. The lowest BCUT2D eigenvalue weighted by Crippen LogP contribution is -2.02. The lowest BCUT2D eigenvalue weighted by molar-refractivity contribution is 0.627. The zero-order valence-corrected chi connectivity index (χ0v) is 10.0. The molecule has 7 heteroatoms. The van der Waals surface area contributed by atoms with E-state index in [1.54, 1.807) is 0 Å². The van der Waals surface area contributed by atoms with Gasteiger partial charge in [-0.3, -0.25) is 0 Å². The van der Waals surface area contributed by atoms with E-state index in [4.69, 9.17) is 11.0 Å². The molecule has 0 saturated carbocycles. The number of nitrogens with two attached hydrogens (primary N) is 1. The average Bonchev–Trinajstić information content (AvgIpc) is 2.75. The molecule has 0 amide bonds. The summed E-state index contributed by atoms with van der Waals surface area (Å²) in [5.41, 5.74) is 6.37. The largest absolute Gasteiger partial charge is 0.367 e. The van der Waals surface area contributed by atoms with E-state index in [0.29, 0.717) is 11.3 Å². The molecule has 0 spiro atoms. The number of aromatic nitrogens is 3. The molecule has 0 unspecified atom stereocenters. The minimum Gasteiger partial charge on any atom is -0.367 e. The number of hydrogen-bond donors (Lipinski definition) is 1. The van der Waals surface area contributed by atoms with Crippen LogP contribution in [0.25, 0.3) is 16.8 Å². The first-order valence-corrected chi connectivity index (χ1v) is 5.60. The van der Waals surface area contributed by atoms with E-state index in [-0.39, 0.29) is 17.0 Å². The maximum Gasteiger partial charge on any atom is 0.238 e. The van der Waals surface area contributed by atoms with Crippen LogP contribution in [0.4, 0.5) is 14.7 Å². The Kier molecular flexibility index (Phi) is 2.57. The van der Waals surface area contributed by atoms with Gasteiger partial charge in [0.05, 0.1) is 23.5 Å². The minimum atomic E-state index is -0.548. The molecule has 2 heterocycles. The van der Waals surface area contributed by atoms with Crippen LogP contribution in [-0.4, -0.2) is 14.6 Å². The van der Waals surface area contributed by atoms with Crippen LogP contribution in [0, 0.1) is 23.0 Å². The smallest absolute Gasteiger partial charge is 0.238 e. The van der Waals surface area contributed by atoms with Crippen LogP contribution in [0.1, 0.15) is 5.56 Å². The summed E-state index contributed by atoms with van der Waals surface area (Å²) < 4.78 is 28.2. The summed E-state index contributed by atoms with van der Waals surface area (Å²) in [6.45, 7) is 0. The molecule has 0 radical (unpaired) electrons. The van der Waals surface area contributed by atoms with E-state index < -0.39 is 11.6 Å². The van der Waals surface area contributed by atoms with Crippen molar-refractivity contribution in [2.75, 3.05) is 5.73 Å². The fraction of sp³-hybridized carbons (Fsp3) is 0. The van der Waals surface area contributed by atoms with Gasteiger partial charge in [-0.15, -0.1) is 5.10 Å². The Hall–Kier alpha value is -3.01. The number of benzene rings is 1. The molecule has 2 N–H and O–H groups in total. The zero-order valence-electron chi connectivity index (χ0n) is 10.0. The number of halogens is 2. The Bertz CT molecular complexity index is 863. The number of hydrogen-bond acceptors (Lipinski definition) is 4. The van der Waals surface area contributed by atoms with Gasteiger partial charge in [-0.25, -0.2) is 18.3 Å². The monoisotopic (exact) mass is 271 g/mol. The number of fused-ring (bicyclic) bond motifs is 1. The minimum absolute atomic E-state index is 0.0324. The molecule has 0 saturated heterocycles. The van der Waals surface area contributed by atoms with Gasteiger partial charge in [-0.1, -0.05) is 0 Å². The molecule has 0 atom stereocenters. The molecule has 2 aromatic heterocycles. The first-order valence-electron chi connectivity index (χ1n) is 5.60. The van der Waals surface area contributed by atoms with Gasteiger partial charge in [0.2, 0.25) is 5.95 Å². The lowest BCUT2D eigenvalue weighted by Gasteiger charge is -2.04.